The van der Waals surface area contributed by atoms with Crippen molar-refractivity contribution in [2.24, 2.45) is 0 Å². The topological polar surface area (TPSA) is 167 Å². The average molecular weight is 1430 g/mol. The SMILES string of the molecule is C#CC(=O)c1ccccc1Cl.CC(C)(C)OC(=O)N1C[C@H]2C[C@@H]1CN2.COc1ccc(Br)cc1.COc1ccc(N2C[C@H]3C[C@@H]2CN3)cc1.COc1ccc(N2C[C@H]3C[C@@H]2CN3/C=C/C(=O)c2ccccc2Cl)cc1.COc1ccc(N2C[C@H]3C[C@@H]2CN3C(=O)OC(C)(C)C)cc1. The smallest absolute Gasteiger partial charge is 0.410 e. The number of halogens is 3. The van der Waals surface area contributed by atoms with Crippen molar-refractivity contribution in [2.75, 3.05) is 95.5 Å². The second kappa shape index (κ2) is 33.4. The number of carbonyl (C=O) groups excluding carboxylic acids is 4. The van der Waals surface area contributed by atoms with Gasteiger partial charge in [-0.15, -0.1) is 6.42 Å². The number of fused-ring (bicyclic) bond motifs is 8. The molecule has 0 radical (unpaired) electrons. The Hall–Kier alpha value is -8.12. The van der Waals surface area contributed by atoms with E-state index in [4.69, 9.17) is 58.0 Å². The van der Waals surface area contributed by atoms with Crippen LogP contribution in [0.5, 0.6) is 23.0 Å². The summed E-state index contributed by atoms with van der Waals surface area (Å²) in [6.45, 7) is 18.9. The van der Waals surface area contributed by atoms with Gasteiger partial charge in [0.2, 0.25) is 5.78 Å². The number of terminal acetylenes is 1. The van der Waals surface area contributed by atoms with Gasteiger partial charge in [0.15, 0.2) is 5.78 Å². The largest absolute Gasteiger partial charge is 0.497 e. The number of hydrogen-bond acceptors (Lipinski definition) is 16. The molecule has 6 aromatic rings. The van der Waals surface area contributed by atoms with E-state index in [1.54, 1.807) is 70.9 Å². The van der Waals surface area contributed by atoms with E-state index in [-0.39, 0.29) is 35.4 Å². The fourth-order valence-corrected chi connectivity index (χ4v) is 13.9. The zero-order valence-corrected chi connectivity index (χ0v) is 60.2. The van der Waals surface area contributed by atoms with Gasteiger partial charge < -0.3 is 68.5 Å². The van der Waals surface area contributed by atoms with Crippen molar-refractivity contribution in [2.45, 2.75) is 127 Å². The second-order valence-corrected chi connectivity index (χ2v) is 28.6. The predicted molar refractivity (Wildman–Crippen MR) is 389 cm³/mol. The van der Waals surface area contributed by atoms with E-state index >= 15 is 0 Å². The molecular weight excluding hydrogens is 1340 g/mol. The number of methoxy groups -OCH3 is 4. The molecule has 8 atom stereocenters. The van der Waals surface area contributed by atoms with Crippen LogP contribution >= 0.6 is 39.1 Å². The normalized spacial score (nSPS) is 21.9. The van der Waals surface area contributed by atoms with Gasteiger partial charge in [-0.1, -0.05) is 63.4 Å². The van der Waals surface area contributed by atoms with Gasteiger partial charge >= 0.3 is 12.2 Å². The highest BCUT2D eigenvalue weighted by Gasteiger charge is 2.47. The van der Waals surface area contributed by atoms with Crippen LogP contribution in [0.4, 0.5) is 26.7 Å². The van der Waals surface area contributed by atoms with Crippen LogP contribution in [0, 0.1) is 12.3 Å². The fourth-order valence-electron chi connectivity index (χ4n) is 13.2. The minimum absolute atomic E-state index is 0.0506. The lowest BCUT2D eigenvalue weighted by molar-refractivity contribution is 0.0198. The highest BCUT2D eigenvalue weighted by atomic mass is 79.9. The highest BCUT2D eigenvalue weighted by molar-refractivity contribution is 9.10. The van der Waals surface area contributed by atoms with Crippen molar-refractivity contribution >= 4 is 79.9 Å². The van der Waals surface area contributed by atoms with E-state index < -0.39 is 5.60 Å². The number of ether oxygens (including phenoxy) is 6. The first-order chi connectivity index (χ1) is 46.4. The van der Waals surface area contributed by atoms with E-state index in [0.29, 0.717) is 63.5 Å². The quantitative estimate of drug-likeness (QED) is 0.0544. The number of allylic oxidation sites excluding steroid dienone is 1. The summed E-state index contributed by atoms with van der Waals surface area (Å²) in [6.07, 6.45) is 12.7. The Kier molecular flexibility index (Phi) is 25.2. The number of nitrogens with one attached hydrogen (secondary N) is 2. The lowest BCUT2D eigenvalue weighted by Gasteiger charge is -2.36. The third-order valence-corrected chi connectivity index (χ3v) is 19.1. The number of hydrogen-bond donors (Lipinski definition) is 2. The molecule has 8 saturated heterocycles. The molecule has 0 unspecified atom stereocenters. The summed E-state index contributed by atoms with van der Waals surface area (Å²) in [5.41, 5.74) is 3.86. The first-order valence-electron chi connectivity index (χ1n) is 32.9. The summed E-state index contributed by atoms with van der Waals surface area (Å²) in [6, 6.07) is 50.1. The van der Waals surface area contributed by atoms with Gasteiger partial charge in [-0.3, -0.25) is 9.59 Å². The Morgan fingerprint density at radius 1 is 0.485 bits per heavy atom. The number of Topliss-reactive ketones (excluding diaryl/α,β-unsaturated/α-hetero) is 1. The van der Waals surface area contributed by atoms with Crippen LogP contribution in [-0.2, 0) is 9.47 Å². The molecule has 8 bridgehead atoms. The number of ketones is 2. The molecule has 8 aliphatic rings. The number of piperazine rings is 4. The van der Waals surface area contributed by atoms with E-state index in [1.807, 2.05) is 136 Å². The maximum atomic E-state index is 12.4. The summed E-state index contributed by atoms with van der Waals surface area (Å²) in [7, 11) is 6.71. The Labute approximate surface area is 590 Å². The number of amides is 2. The predicted octanol–water partition coefficient (Wildman–Crippen LogP) is 13.7. The Bertz CT molecular complexity index is 3680. The minimum atomic E-state index is -0.436. The molecule has 18 nitrogen and oxygen atoms in total. The minimum Gasteiger partial charge on any atom is -0.497 e. The van der Waals surface area contributed by atoms with Crippen LogP contribution in [0.25, 0.3) is 0 Å². The van der Waals surface area contributed by atoms with Crippen LogP contribution in [0.2, 0.25) is 10.0 Å². The van der Waals surface area contributed by atoms with E-state index in [1.165, 1.54) is 23.5 Å². The number of rotatable bonds is 11. The first-order valence-corrected chi connectivity index (χ1v) is 34.4. The van der Waals surface area contributed by atoms with Gasteiger partial charge in [0, 0.05) is 140 Å². The van der Waals surface area contributed by atoms with Crippen LogP contribution in [0.15, 0.2) is 162 Å². The lowest BCUT2D eigenvalue weighted by atomic mass is 10.1. The average Bonchev–Trinajstić information content (AvgIpc) is 1.64. The summed E-state index contributed by atoms with van der Waals surface area (Å²) >= 11 is 15.1. The molecule has 0 spiro atoms. The van der Waals surface area contributed by atoms with E-state index in [2.05, 4.69) is 82.6 Å². The van der Waals surface area contributed by atoms with Crippen molar-refractivity contribution in [1.29, 1.82) is 0 Å². The molecule has 8 heterocycles. The molecule has 516 valence electrons. The third kappa shape index (κ3) is 19.8. The molecule has 0 aliphatic carbocycles. The first kappa shape index (κ1) is 73.1. The second-order valence-electron chi connectivity index (χ2n) is 26.9. The van der Waals surface area contributed by atoms with Crippen molar-refractivity contribution in [3.63, 3.8) is 0 Å². The molecule has 8 aliphatic heterocycles. The van der Waals surface area contributed by atoms with Gasteiger partial charge in [-0.25, -0.2) is 9.59 Å². The standard InChI is InChI=1S/C21H21ClN2O2.C17H24N2O3.C12H16N2O.C10H18N2O2.C9H5ClO.C7H7BrO/c1-26-18-8-6-15(7-9-18)24-14-16-12-17(24)13-23(16)11-10-21(25)19-4-2-3-5-20(19)22;1-17(2,3)22-16(20)19-11-13-9-14(19)10-18(13)12-5-7-15(21-4)8-6-12;1-15-12-4-2-10(3-5-12)14-8-9-6-11(14)7-13-9;1-10(2,3)14-9(13)12-6-7-4-8(12)5-11-7;1-2-9(11)7-5-3-4-6-8(7)10;1-9-7-4-2-6(8)3-5-7/h2-11,16-17H,12-14H2,1H3;5-8,13-14H,9-11H2,1-4H3;2-5,9,11,13H,6-8H2,1H3;7-8,11H,4-6H2,1-3H3;1,3-6H;2-5H,1H3/b11-10+;;;;;/t16-,17-;13-,14-;9-,11-;7-,8-;;/m1111../s1. The molecule has 8 fully saturated rings. The fraction of sp³-hybridized carbons (Fsp3) is 0.421. The van der Waals surface area contributed by atoms with Crippen LogP contribution < -0.4 is 44.3 Å². The van der Waals surface area contributed by atoms with Crippen LogP contribution in [0.3, 0.4) is 0 Å². The zero-order valence-electron chi connectivity index (χ0n) is 57.1. The van der Waals surface area contributed by atoms with Crippen molar-refractivity contribution in [1.82, 2.24) is 25.3 Å². The molecule has 2 N–H and O–H groups in total. The monoisotopic (exact) mass is 1420 g/mol. The molecule has 97 heavy (non-hydrogen) atoms. The summed E-state index contributed by atoms with van der Waals surface area (Å²) in [5, 5.41) is 7.76. The number of benzene rings is 6. The third-order valence-electron chi connectivity index (χ3n) is 18.0. The summed E-state index contributed by atoms with van der Waals surface area (Å²) in [4.78, 5) is 60.6. The van der Waals surface area contributed by atoms with Gasteiger partial charge in [0.25, 0.3) is 0 Å². The Balaban J connectivity index is 0.000000141. The molecule has 21 heteroatoms. The van der Waals surface area contributed by atoms with Gasteiger partial charge in [0.05, 0.1) is 44.5 Å². The lowest BCUT2D eigenvalue weighted by Crippen LogP contribution is -2.50. The molecule has 14 rings (SSSR count). The Morgan fingerprint density at radius 2 is 0.887 bits per heavy atom. The summed E-state index contributed by atoms with van der Waals surface area (Å²) < 4.78 is 32.4. The molecule has 2 amide bonds. The summed E-state index contributed by atoms with van der Waals surface area (Å²) in [5.74, 6) is 5.13. The van der Waals surface area contributed by atoms with E-state index in [9.17, 15) is 19.2 Å². The van der Waals surface area contributed by atoms with Gasteiger partial charge in [0.1, 0.15) is 34.2 Å². The van der Waals surface area contributed by atoms with Gasteiger partial charge in [-0.05, 0) is 194 Å². The maximum absolute atomic E-state index is 12.4. The van der Waals surface area contributed by atoms with E-state index in [0.717, 1.165) is 99.1 Å². The van der Waals surface area contributed by atoms with Crippen LogP contribution in [-0.4, -0.2) is 179 Å². The molecule has 0 saturated carbocycles. The van der Waals surface area contributed by atoms with Crippen molar-refractivity contribution in [3.8, 4) is 35.3 Å². The highest BCUT2D eigenvalue weighted by Crippen LogP contribution is 2.38. The van der Waals surface area contributed by atoms with Crippen molar-refractivity contribution in [3.05, 3.63) is 184 Å². The number of carbonyl (C=O) groups is 4. The van der Waals surface area contributed by atoms with Crippen molar-refractivity contribution < 1.29 is 47.6 Å². The Morgan fingerprint density at radius 3 is 1.26 bits per heavy atom. The molecule has 0 aromatic heterocycles. The molecule has 6 aromatic carbocycles. The zero-order chi connectivity index (χ0) is 69.6. The maximum Gasteiger partial charge on any atom is 0.410 e. The molecular formula is C76H91BrCl2N8O10. The number of anilines is 3. The van der Waals surface area contributed by atoms with Crippen LogP contribution in [0.1, 0.15) is 87.9 Å². The number of likely N-dealkylation sites (tertiary alicyclic amines) is 3. The number of nitrogens with zero attached hydrogens (tertiary/aromatic N) is 6. The van der Waals surface area contributed by atoms with Gasteiger partial charge in [-0.2, -0.15) is 0 Å².